The van der Waals surface area contributed by atoms with Gasteiger partial charge in [-0.25, -0.2) is 0 Å². The molecule has 116 valence electrons. The molecule has 0 saturated heterocycles. The summed E-state index contributed by atoms with van der Waals surface area (Å²) in [6.07, 6.45) is 10.5. The van der Waals surface area contributed by atoms with Crippen molar-refractivity contribution in [1.29, 1.82) is 0 Å². The van der Waals surface area contributed by atoms with E-state index in [1.54, 1.807) is 3.71 Å². The Morgan fingerprint density at radius 3 is 1.75 bits per heavy atom. The third kappa shape index (κ3) is 5.08. The average Bonchev–Trinajstić information content (AvgIpc) is 2.96. The van der Waals surface area contributed by atoms with E-state index >= 15 is 0 Å². The van der Waals surface area contributed by atoms with E-state index in [0.717, 1.165) is 6.54 Å². The van der Waals surface area contributed by atoms with Gasteiger partial charge in [-0.3, -0.25) is 0 Å². The molecule has 1 heterocycles. The van der Waals surface area contributed by atoms with E-state index in [2.05, 4.69) is 44.6 Å². The van der Waals surface area contributed by atoms with Crippen LogP contribution in [0.5, 0.6) is 0 Å². The molecule has 0 aliphatic rings. The van der Waals surface area contributed by atoms with Gasteiger partial charge < -0.3 is 0 Å². The van der Waals surface area contributed by atoms with Gasteiger partial charge in [0, 0.05) is 0 Å². The molecule has 0 aliphatic heterocycles. The molecule has 0 N–H and O–H groups in total. The summed E-state index contributed by atoms with van der Waals surface area (Å²) < 4.78 is 8.27. The third-order valence-electron chi connectivity index (χ3n) is 4.53. The second kappa shape index (κ2) is 9.86. The SMILES string of the molecule is CCC[CH2][Sn]([CH2]CCC)([CH2]CCC)[c]1ccn(CC)n1. The molecule has 1 aromatic rings. The third-order valence-corrected chi connectivity index (χ3v) is 19.6. The Balaban J connectivity index is 2.97. The zero-order valence-corrected chi connectivity index (χ0v) is 17.0. The van der Waals surface area contributed by atoms with E-state index < -0.39 is 18.4 Å². The molecule has 0 amide bonds. The number of hydrogen-bond acceptors (Lipinski definition) is 1. The summed E-state index contributed by atoms with van der Waals surface area (Å²) in [5, 5.41) is 4.97. The number of aromatic nitrogens is 2. The number of rotatable bonds is 11. The van der Waals surface area contributed by atoms with E-state index in [9.17, 15) is 0 Å². The molecule has 0 atom stereocenters. The summed E-state index contributed by atoms with van der Waals surface area (Å²) in [6, 6.07) is 2.38. The number of nitrogens with zero attached hydrogens (tertiary/aromatic N) is 2. The number of hydrogen-bond donors (Lipinski definition) is 0. The van der Waals surface area contributed by atoms with Gasteiger partial charge in [0.2, 0.25) is 0 Å². The van der Waals surface area contributed by atoms with Gasteiger partial charge >= 0.3 is 130 Å². The van der Waals surface area contributed by atoms with Gasteiger partial charge in [-0.05, 0) is 0 Å². The zero-order valence-electron chi connectivity index (χ0n) is 14.1. The fraction of sp³-hybridized carbons (Fsp3) is 0.824. The van der Waals surface area contributed by atoms with Crippen LogP contribution in [0.1, 0.15) is 66.2 Å². The van der Waals surface area contributed by atoms with Crippen molar-refractivity contribution in [3.63, 3.8) is 0 Å². The van der Waals surface area contributed by atoms with Gasteiger partial charge in [0.25, 0.3) is 0 Å². The topological polar surface area (TPSA) is 17.8 Å². The van der Waals surface area contributed by atoms with Crippen molar-refractivity contribution in [2.75, 3.05) is 0 Å². The first-order chi connectivity index (χ1) is 9.72. The average molecular weight is 385 g/mol. The molecule has 0 aromatic carbocycles. The van der Waals surface area contributed by atoms with Crippen molar-refractivity contribution in [3.05, 3.63) is 12.3 Å². The molecule has 0 fully saturated rings. The van der Waals surface area contributed by atoms with Crippen LogP contribution < -0.4 is 3.71 Å². The predicted molar refractivity (Wildman–Crippen MR) is 92.4 cm³/mol. The van der Waals surface area contributed by atoms with Gasteiger partial charge in [0.05, 0.1) is 0 Å². The normalized spacial score (nSPS) is 12.0. The van der Waals surface area contributed by atoms with Crippen LogP contribution in [0.4, 0.5) is 0 Å². The van der Waals surface area contributed by atoms with Gasteiger partial charge in [0.1, 0.15) is 0 Å². The molecule has 3 heteroatoms. The van der Waals surface area contributed by atoms with Crippen LogP contribution in [-0.2, 0) is 6.54 Å². The van der Waals surface area contributed by atoms with Crippen molar-refractivity contribution >= 4 is 22.1 Å². The first-order valence-electron chi connectivity index (χ1n) is 8.76. The molecular weight excluding hydrogens is 351 g/mol. The Morgan fingerprint density at radius 1 is 0.900 bits per heavy atom. The van der Waals surface area contributed by atoms with Crippen LogP contribution in [0, 0.1) is 0 Å². The van der Waals surface area contributed by atoms with Gasteiger partial charge in [-0.2, -0.15) is 0 Å². The quantitative estimate of drug-likeness (QED) is 0.493. The molecule has 0 unspecified atom stereocenters. The summed E-state index contributed by atoms with van der Waals surface area (Å²) in [5.74, 6) is 0. The summed E-state index contributed by atoms with van der Waals surface area (Å²) in [5.41, 5.74) is 0. The van der Waals surface area contributed by atoms with Crippen LogP contribution in [0.25, 0.3) is 0 Å². The monoisotopic (exact) mass is 386 g/mol. The van der Waals surface area contributed by atoms with Crippen molar-refractivity contribution in [3.8, 4) is 0 Å². The summed E-state index contributed by atoms with van der Waals surface area (Å²) in [4.78, 5) is 0. The van der Waals surface area contributed by atoms with Crippen molar-refractivity contribution < 1.29 is 0 Å². The van der Waals surface area contributed by atoms with Gasteiger partial charge in [0.15, 0.2) is 0 Å². The van der Waals surface area contributed by atoms with Crippen LogP contribution in [0.15, 0.2) is 12.3 Å². The van der Waals surface area contributed by atoms with E-state index in [1.165, 1.54) is 51.8 Å². The second-order valence-electron chi connectivity index (χ2n) is 6.15. The number of aryl methyl sites for hydroxylation is 1. The fourth-order valence-electron chi connectivity index (χ4n) is 3.13. The first kappa shape index (κ1) is 18.1. The minimum absolute atomic E-state index is 1.01. The van der Waals surface area contributed by atoms with Crippen LogP contribution in [0.2, 0.25) is 13.3 Å². The van der Waals surface area contributed by atoms with Crippen LogP contribution in [0.3, 0.4) is 0 Å². The Hall–Kier alpha value is 0.00870. The molecule has 20 heavy (non-hydrogen) atoms. The van der Waals surface area contributed by atoms with E-state index in [4.69, 9.17) is 5.10 Å². The Labute approximate surface area is 130 Å². The summed E-state index contributed by atoms with van der Waals surface area (Å²) >= 11 is -2.23. The molecule has 2 nitrogen and oxygen atoms in total. The van der Waals surface area contributed by atoms with Crippen molar-refractivity contribution in [2.24, 2.45) is 0 Å². The zero-order chi connectivity index (χ0) is 14.8. The van der Waals surface area contributed by atoms with E-state index in [0.29, 0.717) is 0 Å². The van der Waals surface area contributed by atoms with E-state index in [-0.39, 0.29) is 0 Å². The maximum absolute atomic E-state index is 4.97. The van der Waals surface area contributed by atoms with E-state index in [1.807, 2.05) is 0 Å². The molecule has 0 bridgehead atoms. The molecule has 0 radical (unpaired) electrons. The first-order valence-corrected chi connectivity index (χ1v) is 16.2. The van der Waals surface area contributed by atoms with Crippen LogP contribution >= 0.6 is 0 Å². The summed E-state index contributed by atoms with van der Waals surface area (Å²) in [6.45, 7) is 10.2. The molecular formula is C17H34N2Sn. The van der Waals surface area contributed by atoms with Crippen LogP contribution in [-0.4, -0.2) is 28.2 Å². The molecule has 1 aromatic heterocycles. The van der Waals surface area contributed by atoms with Crippen molar-refractivity contribution in [1.82, 2.24) is 9.78 Å². The Bertz CT molecular complexity index is 338. The maximum atomic E-state index is 4.97. The standard InChI is InChI=1S/C5H7N2.3C4H9.Sn/c1-2-7-5-3-4-6-7;3*1-3-4-2;/h3,5H,2H2,1H3;3*1,3-4H2,2H3;. The Morgan fingerprint density at radius 2 is 1.40 bits per heavy atom. The van der Waals surface area contributed by atoms with Crippen molar-refractivity contribution in [2.45, 2.75) is 86.1 Å². The summed E-state index contributed by atoms with van der Waals surface area (Å²) in [7, 11) is 0. The van der Waals surface area contributed by atoms with Gasteiger partial charge in [-0.15, -0.1) is 0 Å². The Kier molecular flexibility index (Phi) is 8.90. The molecule has 1 rings (SSSR count). The molecule has 0 aliphatic carbocycles. The molecule has 0 spiro atoms. The minimum atomic E-state index is -2.23. The van der Waals surface area contributed by atoms with Gasteiger partial charge in [-0.1, -0.05) is 0 Å². The number of unbranched alkanes of at least 4 members (excludes halogenated alkanes) is 3. The fourth-order valence-corrected chi connectivity index (χ4v) is 18.5. The second-order valence-corrected chi connectivity index (χ2v) is 19.2. The molecule has 0 saturated carbocycles. The predicted octanol–water partition coefficient (Wildman–Crippen LogP) is 4.96.